The number of halogens is 3. The SMILES string of the molecule is C[C@H]1CN(c2ccncc2NCc2ccc(F)c(-c3c(F)cc(C(C)(C)O)cc3F)n2)C[C@@H]2[C@@H]1O[Si](C)(C(C)(C)C)N2C(=O)OC(C)(C)C. The second kappa shape index (κ2) is 12.9. The van der Waals surface area contributed by atoms with E-state index in [1.807, 2.05) is 31.4 Å². The van der Waals surface area contributed by atoms with E-state index in [1.54, 1.807) is 12.4 Å². The molecule has 2 fully saturated rings. The third-order valence-corrected chi connectivity index (χ3v) is 14.4. The number of nitrogens with zero attached hydrogens (tertiary/aromatic N) is 4. The lowest BCUT2D eigenvalue weighted by atomic mass is 9.92. The standard InChI is InChI=1S/C36H48F3N5O4Si/c1-21-19-43(20-29-32(21)48-49(10,35(5,6)7)44(29)33(45)47-34(2,3)4)28-13-14-40-18-27(28)41-17-23-11-12-24(37)31(42-23)30-25(38)15-22(16-26(30)39)36(8,9)46/h11-16,18,21,29,32,41,46H,17,19-20H2,1-10H3/t21-,29+,32+,49?/m0/s1. The summed E-state index contributed by atoms with van der Waals surface area (Å²) in [4.78, 5) is 24.6. The number of aliphatic hydroxyl groups is 1. The van der Waals surface area contributed by atoms with Crippen molar-refractivity contribution in [3.05, 3.63) is 71.4 Å². The second-order valence-corrected chi connectivity index (χ2v) is 20.1. The smallest absolute Gasteiger partial charge is 0.404 e. The van der Waals surface area contributed by atoms with E-state index in [9.17, 15) is 14.3 Å². The fourth-order valence-electron chi connectivity index (χ4n) is 6.55. The van der Waals surface area contributed by atoms with Gasteiger partial charge in [0.15, 0.2) is 0 Å². The van der Waals surface area contributed by atoms with Crippen LogP contribution in [0.1, 0.15) is 73.6 Å². The van der Waals surface area contributed by atoms with E-state index < -0.39 is 48.4 Å². The maximum Gasteiger partial charge on any atom is 0.404 e. The Balaban J connectivity index is 1.42. The third-order valence-electron chi connectivity index (χ3n) is 9.48. The zero-order valence-electron chi connectivity index (χ0n) is 30.0. The minimum Gasteiger partial charge on any atom is -0.444 e. The monoisotopic (exact) mass is 699 g/mol. The van der Waals surface area contributed by atoms with Crippen molar-refractivity contribution in [2.75, 3.05) is 23.3 Å². The lowest BCUT2D eigenvalue weighted by molar-refractivity contribution is 0.0292. The molecule has 4 atom stereocenters. The van der Waals surface area contributed by atoms with Gasteiger partial charge in [0.1, 0.15) is 28.7 Å². The van der Waals surface area contributed by atoms with Crippen LogP contribution < -0.4 is 10.2 Å². The fraction of sp³-hybridized carbons (Fsp3) is 0.528. The number of carbonyl (C=O) groups is 1. The molecule has 0 spiro atoms. The largest absolute Gasteiger partial charge is 0.444 e. The predicted molar refractivity (Wildman–Crippen MR) is 186 cm³/mol. The molecule has 0 saturated carbocycles. The quantitative estimate of drug-likeness (QED) is 0.252. The number of benzene rings is 1. The zero-order chi connectivity index (χ0) is 36.3. The van der Waals surface area contributed by atoms with Crippen LogP contribution >= 0.6 is 0 Å². The number of anilines is 2. The molecule has 0 radical (unpaired) electrons. The summed E-state index contributed by atoms with van der Waals surface area (Å²) < 4.78 is 59.9. The molecular weight excluding hydrogens is 652 g/mol. The first-order valence-electron chi connectivity index (χ1n) is 16.6. The molecule has 1 aromatic carbocycles. The minimum atomic E-state index is -2.81. The molecule has 1 unspecified atom stereocenters. The molecule has 4 heterocycles. The van der Waals surface area contributed by atoms with Crippen molar-refractivity contribution in [1.82, 2.24) is 14.5 Å². The van der Waals surface area contributed by atoms with Gasteiger partial charge in [-0.15, -0.1) is 0 Å². The fourth-order valence-corrected chi connectivity index (χ4v) is 9.91. The number of hydrogen-bond donors (Lipinski definition) is 2. The summed E-state index contributed by atoms with van der Waals surface area (Å²) >= 11 is 0. The summed E-state index contributed by atoms with van der Waals surface area (Å²) in [6, 6.07) is 6.19. The van der Waals surface area contributed by atoms with Gasteiger partial charge in [-0.25, -0.2) is 22.9 Å². The summed E-state index contributed by atoms with van der Waals surface area (Å²) in [5, 5.41) is 13.3. The first-order valence-corrected chi connectivity index (χ1v) is 19.0. The number of ether oxygens (including phenoxy) is 1. The lowest BCUT2D eigenvalue weighted by Crippen LogP contribution is -2.62. The van der Waals surface area contributed by atoms with Gasteiger partial charge in [0.25, 0.3) is 0 Å². The Hall–Kier alpha value is -3.68. The molecule has 2 aliphatic heterocycles. The minimum absolute atomic E-state index is 0.0238. The Morgan fingerprint density at radius 3 is 2.29 bits per heavy atom. The Bertz CT molecular complexity index is 1700. The summed E-state index contributed by atoms with van der Waals surface area (Å²) in [6.07, 6.45) is 2.85. The van der Waals surface area contributed by atoms with Gasteiger partial charge in [0.05, 0.1) is 53.1 Å². The van der Waals surface area contributed by atoms with Crippen LogP contribution in [0.25, 0.3) is 11.3 Å². The van der Waals surface area contributed by atoms with Crippen molar-refractivity contribution in [3.8, 4) is 11.3 Å². The van der Waals surface area contributed by atoms with Crippen LogP contribution in [-0.2, 0) is 21.3 Å². The topological polar surface area (TPSA) is 100 Å². The molecule has 9 nitrogen and oxygen atoms in total. The van der Waals surface area contributed by atoms with Crippen molar-refractivity contribution < 1.29 is 32.2 Å². The van der Waals surface area contributed by atoms with Gasteiger partial charge in [0.2, 0.25) is 0 Å². The van der Waals surface area contributed by atoms with Crippen molar-refractivity contribution in [3.63, 3.8) is 0 Å². The highest BCUT2D eigenvalue weighted by Crippen LogP contribution is 2.49. The first-order chi connectivity index (χ1) is 22.6. The molecule has 0 aliphatic carbocycles. The van der Waals surface area contributed by atoms with Crippen molar-refractivity contribution >= 4 is 25.9 Å². The summed E-state index contributed by atoms with van der Waals surface area (Å²) in [7, 11) is -2.81. The number of fused-ring (bicyclic) bond motifs is 1. The number of amides is 1. The number of pyridine rings is 2. The van der Waals surface area contributed by atoms with E-state index in [0.717, 1.165) is 23.9 Å². The van der Waals surface area contributed by atoms with Gasteiger partial charge in [-0.3, -0.25) is 4.98 Å². The number of aromatic nitrogens is 2. The van der Waals surface area contributed by atoms with Gasteiger partial charge in [-0.2, -0.15) is 0 Å². The summed E-state index contributed by atoms with van der Waals surface area (Å²) in [5.74, 6) is -2.85. The zero-order valence-corrected chi connectivity index (χ0v) is 31.0. The van der Waals surface area contributed by atoms with Crippen LogP contribution in [0.4, 0.5) is 29.3 Å². The number of piperidine rings is 1. The van der Waals surface area contributed by atoms with Crippen LogP contribution in [0.2, 0.25) is 11.6 Å². The van der Waals surface area contributed by atoms with E-state index in [4.69, 9.17) is 9.16 Å². The molecule has 2 aromatic heterocycles. The van der Waals surface area contributed by atoms with Gasteiger partial charge < -0.3 is 29.1 Å². The van der Waals surface area contributed by atoms with Gasteiger partial charge in [-0.05, 0) is 82.1 Å². The average molecular weight is 700 g/mol. The predicted octanol–water partition coefficient (Wildman–Crippen LogP) is 7.73. The Morgan fingerprint density at radius 1 is 1.04 bits per heavy atom. The number of hydrogen-bond acceptors (Lipinski definition) is 8. The highest BCUT2D eigenvalue weighted by Gasteiger charge is 2.63. The molecule has 266 valence electrons. The second-order valence-electron chi connectivity index (χ2n) is 15.9. The summed E-state index contributed by atoms with van der Waals surface area (Å²) in [5.41, 5.74) is -1.34. The Labute approximate surface area is 288 Å². The van der Waals surface area contributed by atoms with Crippen LogP contribution in [0.3, 0.4) is 0 Å². The molecule has 1 amide bonds. The number of nitrogens with one attached hydrogen (secondary N) is 1. The first kappa shape index (κ1) is 36.6. The lowest BCUT2D eigenvalue weighted by Gasteiger charge is -2.45. The molecule has 0 bridgehead atoms. The highest BCUT2D eigenvalue weighted by atomic mass is 28.4. The van der Waals surface area contributed by atoms with Crippen molar-refractivity contribution in [2.45, 2.75) is 104 Å². The van der Waals surface area contributed by atoms with E-state index in [2.05, 4.69) is 54.4 Å². The maximum absolute atomic E-state index is 15.1. The van der Waals surface area contributed by atoms with Crippen LogP contribution in [0.5, 0.6) is 0 Å². The third kappa shape index (κ3) is 7.29. The number of rotatable bonds is 6. The van der Waals surface area contributed by atoms with Crippen LogP contribution in [-0.4, -0.2) is 65.0 Å². The molecule has 2 aliphatic rings. The van der Waals surface area contributed by atoms with E-state index in [1.165, 1.54) is 19.9 Å². The Morgan fingerprint density at radius 2 is 1.69 bits per heavy atom. The average Bonchev–Trinajstić information content (AvgIpc) is 3.30. The Kier molecular flexibility index (Phi) is 9.63. The van der Waals surface area contributed by atoms with Crippen LogP contribution in [0.15, 0.2) is 42.7 Å². The van der Waals surface area contributed by atoms with Crippen molar-refractivity contribution in [1.29, 1.82) is 0 Å². The van der Waals surface area contributed by atoms with E-state index in [-0.39, 0.29) is 41.3 Å². The van der Waals surface area contributed by atoms with Crippen molar-refractivity contribution in [2.24, 2.45) is 5.92 Å². The molecule has 2 saturated heterocycles. The van der Waals surface area contributed by atoms with Gasteiger partial charge in [-0.1, -0.05) is 27.7 Å². The van der Waals surface area contributed by atoms with Crippen LogP contribution in [0, 0.1) is 23.4 Å². The highest BCUT2D eigenvalue weighted by molar-refractivity contribution is 6.75. The van der Waals surface area contributed by atoms with Gasteiger partial charge in [0, 0.05) is 25.2 Å². The molecule has 13 heteroatoms. The van der Waals surface area contributed by atoms with E-state index >= 15 is 8.78 Å². The normalized spacial score (nSPS) is 23.0. The van der Waals surface area contributed by atoms with Gasteiger partial charge >= 0.3 is 14.6 Å². The maximum atomic E-state index is 15.1. The molecular formula is C36H48F3N5O4Si. The summed E-state index contributed by atoms with van der Waals surface area (Å²) in [6.45, 7) is 20.2. The molecule has 49 heavy (non-hydrogen) atoms. The number of carbonyl (C=O) groups excluding carboxylic acids is 1. The van der Waals surface area contributed by atoms with E-state index in [0.29, 0.717) is 24.5 Å². The molecule has 3 aromatic rings. The molecule has 2 N–H and O–H groups in total. The molecule has 5 rings (SSSR count).